The van der Waals surface area contributed by atoms with Crippen LogP contribution in [0.25, 0.3) is 11.0 Å². The average molecular weight is 265 g/mol. The third-order valence-electron chi connectivity index (χ3n) is 3.58. The Morgan fingerprint density at radius 1 is 1.10 bits per heavy atom. The van der Waals surface area contributed by atoms with Gasteiger partial charge in [0.15, 0.2) is 0 Å². The van der Waals surface area contributed by atoms with Crippen LogP contribution in [-0.2, 0) is 6.42 Å². The molecule has 0 bridgehead atoms. The molecule has 0 saturated heterocycles. The van der Waals surface area contributed by atoms with Gasteiger partial charge in [-0.15, -0.1) is 0 Å². The van der Waals surface area contributed by atoms with E-state index in [1.807, 2.05) is 24.3 Å². The third-order valence-corrected chi connectivity index (χ3v) is 3.58. The number of H-pyrrole nitrogens is 1. The van der Waals surface area contributed by atoms with Crippen LogP contribution < -0.4 is 5.32 Å². The van der Waals surface area contributed by atoms with Gasteiger partial charge in [0.25, 0.3) is 0 Å². The molecule has 2 N–H and O–H groups in total. The maximum atomic E-state index is 4.52. The lowest BCUT2D eigenvalue weighted by molar-refractivity contribution is 0.985. The first kappa shape index (κ1) is 12.7. The molecule has 3 nitrogen and oxygen atoms in total. The molecule has 1 heterocycles. The second kappa shape index (κ2) is 5.37. The van der Waals surface area contributed by atoms with E-state index in [0.717, 1.165) is 29.9 Å². The Balaban J connectivity index is 1.66. The maximum Gasteiger partial charge on any atom is 0.201 e. The second-order valence-corrected chi connectivity index (χ2v) is 5.21. The Hall–Kier alpha value is -2.29. The van der Waals surface area contributed by atoms with Gasteiger partial charge in [0.05, 0.1) is 11.0 Å². The number of hydrogen-bond donors (Lipinski definition) is 2. The summed E-state index contributed by atoms with van der Waals surface area (Å²) in [4.78, 5) is 7.80. The number of aromatic nitrogens is 2. The van der Waals surface area contributed by atoms with Crippen molar-refractivity contribution in [2.75, 3.05) is 11.9 Å². The van der Waals surface area contributed by atoms with Gasteiger partial charge in [-0.05, 0) is 43.5 Å². The van der Waals surface area contributed by atoms with Gasteiger partial charge < -0.3 is 10.3 Å². The number of imidazole rings is 1. The third kappa shape index (κ3) is 2.67. The quantitative estimate of drug-likeness (QED) is 0.752. The van der Waals surface area contributed by atoms with Crippen LogP contribution in [0.2, 0.25) is 0 Å². The van der Waals surface area contributed by atoms with Gasteiger partial charge in [-0.25, -0.2) is 4.98 Å². The molecule has 0 spiro atoms. The van der Waals surface area contributed by atoms with Crippen molar-refractivity contribution in [3.63, 3.8) is 0 Å². The molecule has 3 heteroatoms. The molecule has 0 unspecified atom stereocenters. The minimum Gasteiger partial charge on any atom is -0.355 e. The molecule has 0 amide bonds. The molecule has 2 aromatic carbocycles. The first-order chi connectivity index (χ1) is 9.72. The van der Waals surface area contributed by atoms with Gasteiger partial charge in [-0.1, -0.05) is 35.9 Å². The minimum absolute atomic E-state index is 0.844. The van der Waals surface area contributed by atoms with Crippen molar-refractivity contribution < 1.29 is 0 Å². The first-order valence-corrected chi connectivity index (χ1v) is 6.97. The minimum atomic E-state index is 0.844. The lowest BCUT2D eigenvalue weighted by atomic mass is 10.0. The molecule has 3 aromatic rings. The number of para-hydroxylation sites is 2. The predicted octanol–water partition coefficient (Wildman–Crippen LogP) is 3.83. The van der Waals surface area contributed by atoms with Crippen LogP contribution >= 0.6 is 0 Å². The lowest BCUT2D eigenvalue weighted by Crippen LogP contribution is -2.07. The van der Waals surface area contributed by atoms with Crippen LogP contribution in [0.5, 0.6) is 0 Å². The Morgan fingerprint density at radius 2 is 1.95 bits per heavy atom. The number of nitrogens with one attached hydrogen (secondary N) is 2. The number of aryl methyl sites for hydroxylation is 2. The van der Waals surface area contributed by atoms with E-state index in [1.165, 1.54) is 16.7 Å². The first-order valence-electron chi connectivity index (χ1n) is 6.97. The number of aromatic amines is 1. The second-order valence-electron chi connectivity index (χ2n) is 5.21. The van der Waals surface area contributed by atoms with Crippen LogP contribution in [0, 0.1) is 13.8 Å². The highest BCUT2D eigenvalue weighted by Crippen LogP contribution is 2.14. The summed E-state index contributed by atoms with van der Waals surface area (Å²) in [6, 6.07) is 14.7. The Morgan fingerprint density at radius 3 is 2.80 bits per heavy atom. The van der Waals surface area contributed by atoms with Gasteiger partial charge in [0.2, 0.25) is 5.95 Å². The van der Waals surface area contributed by atoms with Crippen LogP contribution in [0.3, 0.4) is 0 Å². The van der Waals surface area contributed by atoms with E-state index < -0.39 is 0 Å². The highest BCUT2D eigenvalue weighted by atomic mass is 15.1. The molecule has 0 saturated carbocycles. The molecule has 1 aromatic heterocycles. The van der Waals surface area contributed by atoms with E-state index in [2.05, 4.69) is 47.3 Å². The summed E-state index contributed by atoms with van der Waals surface area (Å²) >= 11 is 0. The number of anilines is 1. The molecule has 0 fully saturated rings. The summed E-state index contributed by atoms with van der Waals surface area (Å²) in [5, 5.41) is 3.36. The lowest BCUT2D eigenvalue weighted by Gasteiger charge is -2.07. The normalized spacial score (nSPS) is 10.9. The molecular weight excluding hydrogens is 246 g/mol. The summed E-state index contributed by atoms with van der Waals surface area (Å²) in [5.74, 6) is 0.844. The molecule has 20 heavy (non-hydrogen) atoms. The van der Waals surface area contributed by atoms with Gasteiger partial charge in [-0.3, -0.25) is 0 Å². The highest BCUT2D eigenvalue weighted by Gasteiger charge is 2.02. The van der Waals surface area contributed by atoms with E-state index in [9.17, 15) is 0 Å². The average Bonchev–Trinajstić information content (AvgIpc) is 2.85. The number of nitrogens with zero attached hydrogens (tertiary/aromatic N) is 1. The molecule has 102 valence electrons. The Labute approximate surface area is 119 Å². The van der Waals surface area contributed by atoms with Crippen LogP contribution in [-0.4, -0.2) is 16.5 Å². The van der Waals surface area contributed by atoms with E-state index in [-0.39, 0.29) is 0 Å². The summed E-state index contributed by atoms with van der Waals surface area (Å²) in [6.07, 6.45) is 1.00. The van der Waals surface area contributed by atoms with Crippen LogP contribution in [0.15, 0.2) is 42.5 Å². The highest BCUT2D eigenvalue weighted by molar-refractivity contribution is 5.77. The zero-order valence-corrected chi connectivity index (χ0v) is 11.9. The van der Waals surface area contributed by atoms with Gasteiger partial charge in [0, 0.05) is 6.54 Å². The van der Waals surface area contributed by atoms with Crippen molar-refractivity contribution in [3.05, 3.63) is 59.2 Å². The Bertz CT molecular complexity index is 695. The predicted molar refractivity (Wildman–Crippen MR) is 84.2 cm³/mol. The SMILES string of the molecule is Cc1ccc(C)c(CCNc2nc3ccccc3[nH]2)c1. The van der Waals surface area contributed by atoms with E-state index in [0.29, 0.717) is 0 Å². The number of rotatable bonds is 4. The number of fused-ring (bicyclic) bond motifs is 1. The van der Waals surface area contributed by atoms with E-state index >= 15 is 0 Å². The topological polar surface area (TPSA) is 40.7 Å². The zero-order valence-electron chi connectivity index (χ0n) is 11.9. The maximum absolute atomic E-state index is 4.52. The molecule has 0 atom stereocenters. The van der Waals surface area contributed by atoms with Crippen LogP contribution in [0.1, 0.15) is 16.7 Å². The smallest absolute Gasteiger partial charge is 0.201 e. The van der Waals surface area contributed by atoms with Crippen LogP contribution in [0.4, 0.5) is 5.95 Å². The summed E-state index contributed by atoms with van der Waals surface area (Å²) in [6.45, 7) is 5.18. The summed E-state index contributed by atoms with van der Waals surface area (Å²) in [5.41, 5.74) is 6.13. The zero-order chi connectivity index (χ0) is 13.9. The van der Waals surface area contributed by atoms with Crippen molar-refractivity contribution in [3.8, 4) is 0 Å². The van der Waals surface area contributed by atoms with Gasteiger partial charge in [-0.2, -0.15) is 0 Å². The van der Waals surface area contributed by atoms with E-state index in [4.69, 9.17) is 0 Å². The van der Waals surface area contributed by atoms with Crippen molar-refractivity contribution in [1.29, 1.82) is 0 Å². The van der Waals surface area contributed by atoms with Crippen molar-refractivity contribution >= 4 is 17.0 Å². The summed E-state index contributed by atoms with van der Waals surface area (Å²) < 4.78 is 0. The van der Waals surface area contributed by atoms with E-state index in [1.54, 1.807) is 0 Å². The van der Waals surface area contributed by atoms with Gasteiger partial charge >= 0.3 is 0 Å². The molecule has 0 aliphatic rings. The van der Waals surface area contributed by atoms with Crippen molar-refractivity contribution in [2.45, 2.75) is 20.3 Å². The standard InChI is InChI=1S/C17H19N3/c1-12-7-8-13(2)14(11-12)9-10-18-17-19-15-5-3-4-6-16(15)20-17/h3-8,11H,9-10H2,1-2H3,(H2,18,19,20). The monoisotopic (exact) mass is 265 g/mol. The van der Waals surface area contributed by atoms with Crippen molar-refractivity contribution in [1.82, 2.24) is 9.97 Å². The largest absolute Gasteiger partial charge is 0.355 e. The number of benzene rings is 2. The molecule has 3 rings (SSSR count). The fourth-order valence-corrected chi connectivity index (χ4v) is 2.42. The molecule has 0 radical (unpaired) electrons. The number of hydrogen-bond acceptors (Lipinski definition) is 2. The molecule has 0 aliphatic carbocycles. The molecule has 0 aliphatic heterocycles. The Kier molecular flexibility index (Phi) is 3.42. The fraction of sp³-hybridized carbons (Fsp3) is 0.235. The van der Waals surface area contributed by atoms with Gasteiger partial charge in [0.1, 0.15) is 0 Å². The fourth-order valence-electron chi connectivity index (χ4n) is 2.42. The summed E-state index contributed by atoms with van der Waals surface area (Å²) in [7, 11) is 0. The molecular formula is C17H19N3. The van der Waals surface area contributed by atoms with Crippen molar-refractivity contribution in [2.24, 2.45) is 0 Å².